The van der Waals surface area contributed by atoms with Gasteiger partial charge in [-0.25, -0.2) is 0 Å². The second kappa shape index (κ2) is 6.49. The van der Waals surface area contributed by atoms with Gasteiger partial charge in [-0.05, 0) is 36.1 Å². The fourth-order valence-electron chi connectivity index (χ4n) is 1.63. The molecule has 0 aliphatic heterocycles. The van der Waals surface area contributed by atoms with Gasteiger partial charge in [0.25, 0.3) is 5.91 Å². The van der Waals surface area contributed by atoms with Crippen LogP contribution in [0.2, 0.25) is 0 Å². The zero-order valence-corrected chi connectivity index (χ0v) is 12.5. The van der Waals surface area contributed by atoms with Crippen molar-refractivity contribution >= 4 is 40.1 Å². The van der Waals surface area contributed by atoms with Gasteiger partial charge in [0.1, 0.15) is 17.3 Å². The van der Waals surface area contributed by atoms with Crippen LogP contribution in [0.25, 0.3) is 0 Å². The number of thiocarbonyl (C=S) groups is 1. The third kappa shape index (κ3) is 3.55. The van der Waals surface area contributed by atoms with Crippen molar-refractivity contribution in [3.8, 4) is 5.75 Å². The summed E-state index contributed by atoms with van der Waals surface area (Å²) in [7, 11) is 0. The summed E-state index contributed by atoms with van der Waals surface area (Å²) in [5.74, 6) is 0.395. The number of thiophene rings is 1. The van der Waals surface area contributed by atoms with E-state index in [1.165, 1.54) is 11.3 Å². The van der Waals surface area contributed by atoms with Gasteiger partial charge in [-0.3, -0.25) is 4.79 Å². The van der Waals surface area contributed by atoms with Crippen LogP contribution in [0.1, 0.15) is 15.2 Å². The molecule has 0 spiro atoms. The summed E-state index contributed by atoms with van der Waals surface area (Å²) in [5.41, 5.74) is 6.96. The maximum atomic E-state index is 12.2. The van der Waals surface area contributed by atoms with Crippen molar-refractivity contribution in [2.45, 2.75) is 6.92 Å². The minimum atomic E-state index is -0.149. The number of ether oxygens (including phenoxy) is 1. The molecule has 0 radical (unpaired) electrons. The van der Waals surface area contributed by atoms with E-state index >= 15 is 0 Å². The molecule has 0 aliphatic rings. The van der Waals surface area contributed by atoms with Crippen LogP contribution in [-0.4, -0.2) is 17.5 Å². The van der Waals surface area contributed by atoms with Gasteiger partial charge in [0.2, 0.25) is 0 Å². The first-order valence-electron chi connectivity index (χ1n) is 5.93. The molecule has 0 saturated carbocycles. The van der Waals surface area contributed by atoms with Gasteiger partial charge in [-0.15, -0.1) is 11.3 Å². The van der Waals surface area contributed by atoms with E-state index in [1.807, 2.05) is 30.5 Å². The molecule has 0 saturated heterocycles. The smallest absolute Gasteiger partial charge is 0.266 e. The van der Waals surface area contributed by atoms with Crippen LogP contribution in [0.3, 0.4) is 0 Å². The van der Waals surface area contributed by atoms with Crippen molar-refractivity contribution < 1.29 is 9.53 Å². The predicted molar refractivity (Wildman–Crippen MR) is 85.7 cm³/mol. The summed E-state index contributed by atoms with van der Waals surface area (Å²) < 4.78 is 5.47. The number of nitrogens with one attached hydrogen (secondary N) is 1. The third-order valence-electron chi connectivity index (χ3n) is 2.57. The largest absolute Gasteiger partial charge is 0.484 e. The van der Waals surface area contributed by atoms with E-state index in [1.54, 1.807) is 12.1 Å². The molecule has 1 aromatic heterocycles. The third-order valence-corrected chi connectivity index (χ3v) is 3.71. The molecule has 2 aromatic rings. The van der Waals surface area contributed by atoms with E-state index in [-0.39, 0.29) is 17.5 Å². The highest BCUT2D eigenvalue weighted by Gasteiger charge is 2.13. The lowest BCUT2D eigenvalue weighted by molar-refractivity contribution is 0.102. The predicted octanol–water partition coefficient (Wildman–Crippen LogP) is 2.97. The Morgan fingerprint density at radius 2 is 2.15 bits per heavy atom. The molecule has 0 fully saturated rings. The maximum absolute atomic E-state index is 12.2. The Kier molecular flexibility index (Phi) is 4.70. The highest BCUT2D eigenvalue weighted by Crippen LogP contribution is 2.25. The van der Waals surface area contributed by atoms with Crippen LogP contribution in [-0.2, 0) is 0 Å². The number of benzene rings is 1. The average Bonchev–Trinajstić information content (AvgIpc) is 2.84. The van der Waals surface area contributed by atoms with E-state index in [0.717, 1.165) is 5.56 Å². The van der Waals surface area contributed by atoms with Crippen LogP contribution in [0.4, 0.5) is 5.69 Å². The fourth-order valence-corrected chi connectivity index (χ4v) is 2.51. The molecule has 0 bridgehead atoms. The maximum Gasteiger partial charge on any atom is 0.266 e. The first-order valence-corrected chi connectivity index (χ1v) is 7.22. The van der Waals surface area contributed by atoms with Crippen molar-refractivity contribution in [3.05, 3.63) is 46.2 Å². The van der Waals surface area contributed by atoms with Crippen LogP contribution < -0.4 is 15.8 Å². The summed E-state index contributed by atoms with van der Waals surface area (Å²) in [5, 5.41) is 4.73. The van der Waals surface area contributed by atoms with Crippen molar-refractivity contribution in [1.82, 2.24) is 0 Å². The first kappa shape index (κ1) is 14.5. The van der Waals surface area contributed by atoms with Crippen LogP contribution >= 0.6 is 23.6 Å². The first-order chi connectivity index (χ1) is 9.58. The number of aryl methyl sites for hydroxylation is 1. The Morgan fingerprint density at radius 1 is 1.40 bits per heavy atom. The number of carbonyl (C=O) groups is 1. The van der Waals surface area contributed by atoms with E-state index in [2.05, 4.69) is 5.32 Å². The lowest BCUT2D eigenvalue weighted by atomic mass is 10.2. The molecule has 1 amide bonds. The summed E-state index contributed by atoms with van der Waals surface area (Å²) in [6.07, 6.45) is 0. The van der Waals surface area contributed by atoms with E-state index in [4.69, 9.17) is 22.7 Å². The number of para-hydroxylation sites is 2. The van der Waals surface area contributed by atoms with E-state index < -0.39 is 0 Å². The molecule has 6 heteroatoms. The number of anilines is 1. The zero-order valence-electron chi connectivity index (χ0n) is 10.9. The Hall–Kier alpha value is -1.92. The van der Waals surface area contributed by atoms with Gasteiger partial charge < -0.3 is 15.8 Å². The van der Waals surface area contributed by atoms with Gasteiger partial charge in [-0.2, -0.15) is 0 Å². The molecule has 4 nitrogen and oxygen atoms in total. The minimum absolute atomic E-state index is 0.139. The van der Waals surface area contributed by atoms with Gasteiger partial charge in [0.05, 0.1) is 10.6 Å². The van der Waals surface area contributed by atoms with Crippen LogP contribution in [0.5, 0.6) is 5.75 Å². The molecule has 104 valence electrons. The number of rotatable bonds is 5. The molecule has 1 aromatic carbocycles. The van der Waals surface area contributed by atoms with E-state index in [0.29, 0.717) is 16.3 Å². The summed E-state index contributed by atoms with van der Waals surface area (Å²) >= 11 is 6.18. The van der Waals surface area contributed by atoms with Crippen LogP contribution in [0, 0.1) is 6.92 Å². The van der Waals surface area contributed by atoms with Gasteiger partial charge >= 0.3 is 0 Å². The van der Waals surface area contributed by atoms with E-state index in [9.17, 15) is 4.79 Å². The molecule has 1 heterocycles. The normalized spacial score (nSPS) is 10.1. The Bertz CT molecular complexity index is 638. The highest BCUT2D eigenvalue weighted by molar-refractivity contribution is 7.80. The van der Waals surface area contributed by atoms with Crippen molar-refractivity contribution in [3.63, 3.8) is 0 Å². The summed E-state index contributed by atoms with van der Waals surface area (Å²) in [6.45, 7) is 2.04. The number of nitrogens with two attached hydrogens (primary N) is 1. The summed E-state index contributed by atoms with van der Waals surface area (Å²) in [6, 6.07) is 9.09. The van der Waals surface area contributed by atoms with Crippen molar-refractivity contribution in [2.24, 2.45) is 5.73 Å². The van der Waals surface area contributed by atoms with Gasteiger partial charge in [-0.1, -0.05) is 24.4 Å². The SMILES string of the molecule is Cc1ccsc1C(=O)Nc1ccccc1OCC(N)=S. The molecule has 3 N–H and O–H groups in total. The Balaban J connectivity index is 2.15. The van der Waals surface area contributed by atoms with Crippen molar-refractivity contribution in [1.29, 1.82) is 0 Å². The number of carbonyl (C=O) groups excluding carboxylic acids is 1. The second-order valence-corrected chi connectivity index (χ2v) is 5.58. The standard InChI is InChI=1S/C14H14N2O2S2/c1-9-6-7-20-13(9)14(17)16-10-4-2-3-5-11(10)18-8-12(15)19/h2-7H,8H2,1H3,(H2,15,19)(H,16,17). The highest BCUT2D eigenvalue weighted by atomic mass is 32.1. The molecule has 0 atom stereocenters. The Labute approximate surface area is 126 Å². The monoisotopic (exact) mass is 306 g/mol. The average molecular weight is 306 g/mol. The molecule has 2 rings (SSSR count). The molecule has 0 unspecified atom stereocenters. The molecular formula is C14H14N2O2S2. The Morgan fingerprint density at radius 3 is 2.80 bits per heavy atom. The number of hydrogen-bond acceptors (Lipinski definition) is 4. The quantitative estimate of drug-likeness (QED) is 0.834. The van der Waals surface area contributed by atoms with Gasteiger partial charge in [0.15, 0.2) is 0 Å². The molecule has 20 heavy (non-hydrogen) atoms. The second-order valence-electron chi connectivity index (χ2n) is 4.14. The topological polar surface area (TPSA) is 64.3 Å². The summed E-state index contributed by atoms with van der Waals surface area (Å²) in [4.78, 5) is 13.1. The van der Waals surface area contributed by atoms with Gasteiger partial charge in [0, 0.05) is 0 Å². The number of amides is 1. The minimum Gasteiger partial charge on any atom is -0.484 e. The lowest BCUT2D eigenvalue weighted by Gasteiger charge is -2.11. The lowest BCUT2D eigenvalue weighted by Crippen LogP contribution is -2.19. The van der Waals surface area contributed by atoms with Crippen molar-refractivity contribution in [2.75, 3.05) is 11.9 Å². The fraction of sp³-hybridized carbons (Fsp3) is 0.143. The molecular weight excluding hydrogens is 292 g/mol. The molecule has 0 aliphatic carbocycles. The number of hydrogen-bond donors (Lipinski definition) is 2. The van der Waals surface area contributed by atoms with Crippen LogP contribution in [0.15, 0.2) is 35.7 Å². The zero-order chi connectivity index (χ0) is 14.5.